The number of ether oxygens (including phenoxy) is 3. The number of nitrogens with zero attached hydrogens (tertiary/aromatic N) is 2. The van der Waals surface area contributed by atoms with Crippen LogP contribution in [-0.4, -0.2) is 54.8 Å². The lowest BCUT2D eigenvalue weighted by atomic mass is 9.99. The molecule has 152 valence electrons. The first-order valence-corrected chi connectivity index (χ1v) is 10.1. The molecular formula is C23H26N2O4. The number of aromatic nitrogens is 1. The van der Waals surface area contributed by atoms with Crippen molar-refractivity contribution in [2.45, 2.75) is 25.9 Å². The van der Waals surface area contributed by atoms with E-state index in [0.717, 1.165) is 18.6 Å². The number of pyridine rings is 1. The van der Waals surface area contributed by atoms with Crippen molar-refractivity contribution in [1.82, 2.24) is 9.88 Å². The molecule has 4 rings (SSSR count). The summed E-state index contributed by atoms with van der Waals surface area (Å²) >= 11 is 0. The Morgan fingerprint density at radius 1 is 1.28 bits per heavy atom. The molecule has 1 atom stereocenters. The summed E-state index contributed by atoms with van der Waals surface area (Å²) in [7, 11) is 0. The van der Waals surface area contributed by atoms with Crippen LogP contribution in [-0.2, 0) is 4.74 Å². The minimum atomic E-state index is 0.00177. The molecule has 1 aromatic heterocycles. The van der Waals surface area contributed by atoms with Crippen LogP contribution in [0.15, 0.2) is 48.7 Å². The number of hydrogen-bond donors (Lipinski definition) is 0. The zero-order chi connectivity index (χ0) is 20.1. The first-order valence-electron chi connectivity index (χ1n) is 10.1. The van der Waals surface area contributed by atoms with E-state index in [-0.39, 0.29) is 12.0 Å². The zero-order valence-electron chi connectivity index (χ0n) is 16.7. The number of carbonyl (C=O) groups is 1. The molecule has 1 saturated heterocycles. The smallest absolute Gasteiger partial charge is 0.254 e. The molecule has 0 bridgehead atoms. The highest BCUT2D eigenvalue weighted by Gasteiger charge is 2.22. The summed E-state index contributed by atoms with van der Waals surface area (Å²) in [5.41, 5.74) is 3.04. The van der Waals surface area contributed by atoms with Crippen LogP contribution in [0.2, 0.25) is 0 Å². The quantitative estimate of drug-likeness (QED) is 0.750. The fraction of sp³-hybridized carbons (Fsp3) is 0.391. The summed E-state index contributed by atoms with van der Waals surface area (Å²) in [5, 5.41) is 0. The molecule has 0 spiro atoms. The minimum Gasteiger partial charge on any atom is -0.494 e. The Hall–Kier alpha value is -2.86. The molecule has 2 aliphatic heterocycles. The highest BCUT2D eigenvalue weighted by atomic mass is 16.5. The number of carbonyl (C=O) groups excluding carboxylic acids is 1. The molecule has 6 nitrogen and oxygen atoms in total. The topological polar surface area (TPSA) is 60.9 Å². The van der Waals surface area contributed by atoms with Gasteiger partial charge in [0.25, 0.3) is 5.91 Å². The van der Waals surface area contributed by atoms with E-state index in [1.54, 1.807) is 18.3 Å². The lowest BCUT2D eigenvalue weighted by Crippen LogP contribution is -2.34. The maximum Gasteiger partial charge on any atom is 0.254 e. The van der Waals surface area contributed by atoms with Crippen LogP contribution in [0.1, 0.15) is 35.7 Å². The highest BCUT2D eigenvalue weighted by Crippen LogP contribution is 2.25. The summed E-state index contributed by atoms with van der Waals surface area (Å²) in [6.45, 7) is 5.20. The third-order valence-corrected chi connectivity index (χ3v) is 5.19. The monoisotopic (exact) mass is 394 g/mol. The van der Waals surface area contributed by atoms with E-state index in [1.807, 2.05) is 24.0 Å². The summed E-state index contributed by atoms with van der Waals surface area (Å²) in [5.74, 6) is 1.36. The summed E-state index contributed by atoms with van der Waals surface area (Å²) in [4.78, 5) is 19.0. The second-order valence-corrected chi connectivity index (χ2v) is 7.17. The van der Waals surface area contributed by atoms with E-state index in [9.17, 15) is 4.79 Å². The van der Waals surface area contributed by atoms with Crippen molar-refractivity contribution in [2.24, 2.45) is 0 Å². The Morgan fingerprint density at radius 3 is 2.83 bits per heavy atom. The Kier molecular flexibility index (Phi) is 6.10. The van der Waals surface area contributed by atoms with Gasteiger partial charge >= 0.3 is 0 Å². The Bertz CT molecular complexity index is 873. The third kappa shape index (κ3) is 4.77. The maximum atomic E-state index is 12.9. The lowest BCUT2D eigenvalue weighted by Gasteiger charge is -2.27. The third-order valence-electron chi connectivity index (χ3n) is 5.19. The molecule has 1 unspecified atom stereocenters. The van der Waals surface area contributed by atoms with Crippen molar-refractivity contribution in [3.8, 4) is 11.6 Å². The first-order chi connectivity index (χ1) is 14.2. The van der Waals surface area contributed by atoms with Gasteiger partial charge in [0.05, 0.1) is 19.8 Å². The molecule has 1 fully saturated rings. The van der Waals surface area contributed by atoms with Gasteiger partial charge in [-0.15, -0.1) is 0 Å². The van der Waals surface area contributed by atoms with E-state index >= 15 is 0 Å². The fourth-order valence-electron chi connectivity index (χ4n) is 3.61. The summed E-state index contributed by atoms with van der Waals surface area (Å²) in [6, 6.07) is 11.6. The molecule has 0 radical (unpaired) electrons. The van der Waals surface area contributed by atoms with E-state index in [1.165, 1.54) is 11.1 Å². The van der Waals surface area contributed by atoms with Gasteiger partial charge in [-0.05, 0) is 42.7 Å². The molecule has 0 saturated carbocycles. The molecule has 6 heteroatoms. The van der Waals surface area contributed by atoms with Gasteiger partial charge in [-0.3, -0.25) is 4.79 Å². The average molecular weight is 394 g/mol. The van der Waals surface area contributed by atoms with Gasteiger partial charge in [0.15, 0.2) is 0 Å². The van der Waals surface area contributed by atoms with Crippen molar-refractivity contribution < 1.29 is 19.0 Å². The molecule has 29 heavy (non-hydrogen) atoms. The van der Waals surface area contributed by atoms with Crippen LogP contribution in [0, 0.1) is 0 Å². The fourth-order valence-corrected chi connectivity index (χ4v) is 3.61. The predicted octanol–water partition coefficient (Wildman–Crippen LogP) is 3.58. The van der Waals surface area contributed by atoms with Crippen molar-refractivity contribution in [1.29, 1.82) is 0 Å². The SMILES string of the molecule is CCOc1ccc(C2=CCN(C(=O)c3ccnc(OC4CCOC4)c3)CC2)cc1. The molecule has 1 amide bonds. The highest BCUT2D eigenvalue weighted by molar-refractivity contribution is 5.95. The number of benzene rings is 1. The molecule has 2 aromatic rings. The minimum absolute atomic E-state index is 0.00177. The van der Waals surface area contributed by atoms with Gasteiger partial charge in [0.2, 0.25) is 5.88 Å². The number of amides is 1. The van der Waals surface area contributed by atoms with Crippen LogP contribution in [0.5, 0.6) is 11.6 Å². The molecular weight excluding hydrogens is 368 g/mol. The lowest BCUT2D eigenvalue weighted by molar-refractivity contribution is 0.0771. The van der Waals surface area contributed by atoms with Gasteiger partial charge < -0.3 is 19.1 Å². The van der Waals surface area contributed by atoms with Crippen LogP contribution in [0.3, 0.4) is 0 Å². The van der Waals surface area contributed by atoms with Gasteiger partial charge in [-0.25, -0.2) is 4.98 Å². The van der Waals surface area contributed by atoms with E-state index < -0.39 is 0 Å². The molecule has 0 aliphatic carbocycles. The molecule has 1 aromatic carbocycles. The van der Waals surface area contributed by atoms with Gasteiger partial charge in [-0.2, -0.15) is 0 Å². The Labute approximate surface area is 171 Å². The predicted molar refractivity (Wildman–Crippen MR) is 110 cm³/mol. The summed E-state index contributed by atoms with van der Waals surface area (Å²) < 4.78 is 16.7. The van der Waals surface area contributed by atoms with Crippen LogP contribution in [0.4, 0.5) is 0 Å². The van der Waals surface area contributed by atoms with Crippen molar-refractivity contribution >= 4 is 11.5 Å². The standard InChI is InChI=1S/C23H26N2O4/c1-2-28-20-5-3-17(4-6-20)18-8-12-25(13-9-18)23(26)19-7-11-24-22(15-19)29-21-10-14-27-16-21/h3-8,11,15,21H,2,9-10,12-14,16H2,1H3. The van der Waals surface area contributed by atoms with Gasteiger partial charge in [0.1, 0.15) is 11.9 Å². The first kappa shape index (κ1) is 19.5. The van der Waals surface area contributed by atoms with Crippen molar-refractivity contribution in [3.05, 3.63) is 59.8 Å². The van der Waals surface area contributed by atoms with E-state index in [0.29, 0.717) is 44.4 Å². The second kappa shape index (κ2) is 9.09. The summed E-state index contributed by atoms with van der Waals surface area (Å²) in [6.07, 6.45) is 5.45. The largest absolute Gasteiger partial charge is 0.494 e. The maximum absolute atomic E-state index is 12.9. The van der Waals surface area contributed by atoms with Crippen LogP contribution in [0.25, 0.3) is 5.57 Å². The average Bonchev–Trinajstić information content (AvgIpc) is 3.27. The molecule has 3 heterocycles. The molecule has 0 N–H and O–H groups in total. The normalized spacial score (nSPS) is 19.0. The molecule has 2 aliphatic rings. The van der Waals surface area contributed by atoms with Gasteiger partial charge in [0, 0.05) is 37.3 Å². The number of rotatable bonds is 6. The number of hydrogen-bond acceptors (Lipinski definition) is 5. The Morgan fingerprint density at radius 2 is 2.14 bits per heavy atom. The van der Waals surface area contributed by atoms with Crippen molar-refractivity contribution in [2.75, 3.05) is 32.9 Å². The van der Waals surface area contributed by atoms with Crippen molar-refractivity contribution in [3.63, 3.8) is 0 Å². The zero-order valence-corrected chi connectivity index (χ0v) is 16.7. The van der Waals surface area contributed by atoms with Crippen LogP contribution < -0.4 is 9.47 Å². The van der Waals surface area contributed by atoms with E-state index in [4.69, 9.17) is 14.2 Å². The Balaban J connectivity index is 1.39. The van der Waals surface area contributed by atoms with E-state index in [2.05, 4.69) is 23.2 Å². The van der Waals surface area contributed by atoms with Gasteiger partial charge in [-0.1, -0.05) is 18.2 Å². The van der Waals surface area contributed by atoms with Crippen LogP contribution >= 0.6 is 0 Å². The second-order valence-electron chi connectivity index (χ2n) is 7.17.